The normalized spacial score (nSPS) is 16.1. The van der Waals surface area contributed by atoms with Gasteiger partial charge in [0.25, 0.3) is 0 Å². The van der Waals surface area contributed by atoms with Crippen molar-refractivity contribution in [3.8, 4) is 0 Å². The second-order valence-corrected chi connectivity index (χ2v) is 6.58. The van der Waals surface area contributed by atoms with Crippen LogP contribution in [0.1, 0.15) is 27.2 Å². The first kappa shape index (κ1) is 14.1. The molecule has 0 aromatic carbocycles. The van der Waals surface area contributed by atoms with E-state index in [4.69, 9.17) is 5.73 Å². The van der Waals surface area contributed by atoms with Crippen LogP contribution in [-0.4, -0.2) is 30.7 Å². The van der Waals surface area contributed by atoms with Crippen LogP contribution in [0, 0.1) is 5.92 Å². The third-order valence-corrected chi connectivity index (χ3v) is 4.08. The fourth-order valence-electron chi connectivity index (χ4n) is 1.84. The molecule has 0 saturated carbocycles. The van der Waals surface area contributed by atoms with Crippen molar-refractivity contribution in [1.82, 2.24) is 14.9 Å². The maximum atomic E-state index is 12.0. The number of hydrogen-bond acceptors (Lipinski definition) is 4. The van der Waals surface area contributed by atoms with E-state index in [1.807, 2.05) is 20.8 Å². The first-order chi connectivity index (χ1) is 7.79. The SMILES string of the molecule is CC(C)CC(C)(CN)NS(=O)(=O)c1cn[nH]c1. The first-order valence-electron chi connectivity index (χ1n) is 5.52. The fraction of sp³-hybridized carbons (Fsp3) is 0.700. The lowest BCUT2D eigenvalue weighted by atomic mass is 9.92. The average molecular weight is 260 g/mol. The molecule has 1 rings (SSSR count). The molecular formula is C10H20N4O2S. The second-order valence-electron chi connectivity index (χ2n) is 4.90. The van der Waals surface area contributed by atoms with E-state index >= 15 is 0 Å². The summed E-state index contributed by atoms with van der Waals surface area (Å²) in [6, 6.07) is 0. The Morgan fingerprint density at radius 1 is 1.59 bits per heavy atom. The molecule has 98 valence electrons. The lowest BCUT2D eigenvalue weighted by molar-refractivity contribution is 0.344. The molecule has 1 heterocycles. The van der Waals surface area contributed by atoms with Gasteiger partial charge in [0.2, 0.25) is 10.0 Å². The van der Waals surface area contributed by atoms with Crippen LogP contribution in [0.15, 0.2) is 17.3 Å². The largest absolute Gasteiger partial charge is 0.329 e. The van der Waals surface area contributed by atoms with Gasteiger partial charge in [0, 0.05) is 18.3 Å². The number of sulfonamides is 1. The van der Waals surface area contributed by atoms with E-state index in [0.717, 1.165) is 0 Å². The summed E-state index contributed by atoms with van der Waals surface area (Å²) in [5.41, 5.74) is 5.03. The maximum absolute atomic E-state index is 12.0. The van der Waals surface area contributed by atoms with E-state index in [9.17, 15) is 8.42 Å². The van der Waals surface area contributed by atoms with Crippen LogP contribution >= 0.6 is 0 Å². The predicted octanol–water partition coefficient (Wildman–Crippen LogP) is 0.452. The molecule has 0 saturated heterocycles. The van der Waals surface area contributed by atoms with Crippen molar-refractivity contribution in [3.05, 3.63) is 12.4 Å². The van der Waals surface area contributed by atoms with Gasteiger partial charge in [-0.25, -0.2) is 13.1 Å². The monoisotopic (exact) mass is 260 g/mol. The van der Waals surface area contributed by atoms with Gasteiger partial charge in [0.05, 0.1) is 6.20 Å². The number of nitrogens with one attached hydrogen (secondary N) is 2. The number of nitrogens with zero attached hydrogens (tertiary/aromatic N) is 1. The molecule has 1 atom stereocenters. The zero-order valence-electron chi connectivity index (χ0n) is 10.4. The Morgan fingerprint density at radius 2 is 2.24 bits per heavy atom. The standard InChI is InChI=1S/C10H20N4O2S/c1-8(2)4-10(3,7-11)14-17(15,16)9-5-12-13-6-9/h5-6,8,14H,4,7,11H2,1-3H3,(H,12,13). The molecule has 4 N–H and O–H groups in total. The fourth-order valence-corrected chi connectivity index (χ4v) is 3.17. The Labute approximate surface area is 102 Å². The summed E-state index contributed by atoms with van der Waals surface area (Å²) in [6.07, 6.45) is 3.30. The van der Waals surface area contributed by atoms with Crippen molar-refractivity contribution >= 4 is 10.0 Å². The van der Waals surface area contributed by atoms with E-state index in [1.165, 1.54) is 12.4 Å². The Bertz CT molecular complexity index is 441. The third-order valence-electron chi connectivity index (χ3n) is 2.47. The van der Waals surface area contributed by atoms with E-state index in [0.29, 0.717) is 12.3 Å². The average Bonchev–Trinajstić information content (AvgIpc) is 2.68. The molecule has 0 fully saturated rings. The Hall–Kier alpha value is -0.920. The predicted molar refractivity (Wildman–Crippen MR) is 65.8 cm³/mol. The highest BCUT2D eigenvalue weighted by molar-refractivity contribution is 7.89. The van der Waals surface area contributed by atoms with Crippen LogP contribution < -0.4 is 10.5 Å². The summed E-state index contributed by atoms with van der Waals surface area (Å²) < 4.78 is 26.7. The van der Waals surface area contributed by atoms with Gasteiger partial charge in [0.15, 0.2) is 0 Å². The van der Waals surface area contributed by atoms with Gasteiger partial charge in [-0.2, -0.15) is 5.10 Å². The first-order valence-corrected chi connectivity index (χ1v) is 7.00. The minimum atomic E-state index is -3.56. The molecule has 0 aliphatic carbocycles. The highest BCUT2D eigenvalue weighted by atomic mass is 32.2. The zero-order valence-corrected chi connectivity index (χ0v) is 11.2. The molecule has 0 amide bonds. The second kappa shape index (κ2) is 5.16. The molecule has 0 aliphatic rings. The molecule has 6 nitrogen and oxygen atoms in total. The van der Waals surface area contributed by atoms with E-state index < -0.39 is 15.6 Å². The summed E-state index contributed by atoms with van der Waals surface area (Å²) in [5, 5.41) is 6.11. The maximum Gasteiger partial charge on any atom is 0.244 e. The number of aromatic amines is 1. The summed E-state index contributed by atoms with van der Waals surface area (Å²) in [5.74, 6) is 0.357. The smallest absolute Gasteiger partial charge is 0.244 e. The number of H-pyrrole nitrogens is 1. The molecule has 17 heavy (non-hydrogen) atoms. The molecular weight excluding hydrogens is 240 g/mol. The van der Waals surface area contributed by atoms with E-state index in [2.05, 4.69) is 14.9 Å². The molecule has 1 unspecified atom stereocenters. The van der Waals surface area contributed by atoms with Crippen molar-refractivity contribution in [3.63, 3.8) is 0 Å². The summed E-state index contributed by atoms with van der Waals surface area (Å²) in [4.78, 5) is 0.126. The number of hydrogen-bond donors (Lipinski definition) is 3. The number of aromatic nitrogens is 2. The quantitative estimate of drug-likeness (QED) is 0.691. The van der Waals surface area contributed by atoms with E-state index in [-0.39, 0.29) is 11.4 Å². The lowest BCUT2D eigenvalue weighted by Gasteiger charge is -2.30. The van der Waals surface area contributed by atoms with Gasteiger partial charge in [-0.3, -0.25) is 5.10 Å². The molecule has 0 aliphatic heterocycles. The highest BCUT2D eigenvalue weighted by Gasteiger charge is 2.30. The van der Waals surface area contributed by atoms with Crippen molar-refractivity contribution in [2.24, 2.45) is 11.7 Å². The zero-order chi connectivity index (χ0) is 13.1. The molecule has 0 radical (unpaired) electrons. The van der Waals surface area contributed by atoms with Crippen molar-refractivity contribution < 1.29 is 8.42 Å². The van der Waals surface area contributed by atoms with E-state index in [1.54, 1.807) is 0 Å². The lowest BCUT2D eigenvalue weighted by Crippen LogP contribution is -2.51. The van der Waals surface area contributed by atoms with Crippen LogP contribution in [0.25, 0.3) is 0 Å². The van der Waals surface area contributed by atoms with Crippen LogP contribution in [-0.2, 0) is 10.0 Å². The van der Waals surface area contributed by atoms with Gasteiger partial charge in [-0.05, 0) is 19.3 Å². The number of rotatable bonds is 6. The van der Waals surface area contributed by atoms with Gasteiger partial charge in [-0.1, -0.05) is 13.8 Å². The Morgan fingerprint density at radius 3 is 2.65 bits per heavy atom. The van der Waals surface area contributed by atoms with Crippen LogP contribution in [0.4, 0.5) is 0 Å². The number of nitrogens with two attached hydrogens (primary N) is 1. The summed E-state index contributed by atoms with van der Waals surface area (Å²) in [7, 11) is -3.56. The third kappa shape index (κ3) is 3.79. The molecule has 7 heteroatoms. The van der Waals surface area contributed by atoms with Crippen LogP contribution in [0.3, 0.4) is 0 Å². The Balaban J connectivity index is 2.88. The van der Waals surface area contributed by atoms with Gasteiger partial charge < -0.3 is 5.73 Å². The minimum absolute atomic E-state index is 0.126. The summed E-state index contributed by atoms with van der Waals surface area (Å²) >= 11 is 0. The molecule has 0 spiro atoms. The Kier molecular flexibility index (Phi) is 4.29. The molecule has 0 bridgehead atoms. The van der Waals surface area contributed by atoms with Crippen molar-refractivity contribution in [2.75, 3.05) is 6.54 Å². The van der Waals surface area contributed by atoms with Gasteiger partial charge in [-0.15, -0.1) is 0 Å². The van der Waals surface area contributed by atoms with Crippen LogP contribution in [0.2, 0.25) is 0 Å². The highest BCUT2D eigenvalue weighted by Crippen LogP contribution is 2.18. The minimum Gasteiger partial charge on any atom is -0.329 e. The topological polar surface area (TPSA) is 101 Å². The van der Waals surface area contributed by atoms with Gasteiger partial charge >= 0.3 is 0 Å². The van der Waals surface area contributed by atoms with Gasteiger partial charge in [0.1, 0.15) is 4.90 Å². The molecule has 1 aromatic heterocycles. The summed E-state index contributed by atoms with van der Waals surface area (Å²) in [6.45, 7) is 6.12. The van der Waals surface area contributed by atoms with Crippen molar-refractivity contribution in [2.45, 2.75) is 37.6 Å². The van der Waals surface area contributed by atoms with Crippen LogP contribution in [0.5, 0.6) is 0 Å². The van der Waals surface area contributed by atoms with Crippen molar-refractivity contribution in [1.29, 1.82) is 0 Å². The molecule has 1 aromatic rings.